The van der Waals surface area contributed by atoms with E-state index in [2.05, 4.69) is 10.3 Å². The molecule has 11 heteroatoms. The number of amidine groups is 1. The molecule has 4 rings (SSSR count). The first kappa shape index (κ1) is 25.5. The molecular weight excluding hydrogens is 464 g/mol. The van der Waals surface area contributed by atoms with Crippen LogP contribution in [0.15, 0.2) is 21.7 Å². The molecule has 1 saturated carbocycles. The van der Waals surface area contributed by atoms with E-state index < -0.39 is 28.4 Å². The van der Waals surface area contributed by atoms with Crippen LogP contribution in [0.5, 0.6) is 11.8 Å². The summed E-state index contributed by atoms with van der Waals surface area (Å²) >= 11 is 0. The van der Waals surface area contributed by atoms with E-state index in [-0.39, 0.29) is 30.0 Å². The van der Waals surface area contributed by atoms with Gasteiger partial charge in [-0.2, -0.15) is 0 Å². The zero-order valence-corrected chi connectivity index (χ0v) is 21.0. The van der Waals surface area contributed by atoms with Gasteiger partial charge in [-0.05, 0) is 57.4 Å². The minimum absolute atomic E-state index is 0.0972. The SMILES string of the molecule is CCCCn1c(O)c(C(=N)N)c(=O)n(C2CCC(C[C@@]3(C)C(=O)Nc4ccc(OC)nc43)CC2)c1=O. The number of hydrogen-bond donors (Lipinski definition) is 4. The van der Waals surface area contributed by atoms with Crippen LogP contribution in [-0.2, 0) is 16.8 Å². The number of pyridine rings is 1. The molecule has 11 nitrogen and oxygen atoms in total. The fourth-order valence-electron chi connectivity index (χ4n) is 5.55. The van der Waals surface area contributed by atoms with Crippen LogP contribution in [0.4, 0.5) is 5.69 Å². The van der Waals surface area contributed by atoms with Gasteiger partial charge in [-0.3, -0.25) is 24.1 Å². The maximum atomic E-state index is 13.2. The summed E-state index contributed by atoms with van der Waals surface area (Å²) in [5.41, 5.74) is 4.53. The first-order chi connectivity index (χ1) is 17.1. The number of nitrogen functional groups attached to an aromatic ring is 1. The molecule has 5 N–H and O–H groups in total. The maximum Gasteiger partial charge on any atom is 0.334 e. The lowest BCUT2D eigenvalue weighted by Gasteiger charge is -2.33. The van der Waals surface area contributed by atoms with E-state index >= 15 is 0 Å². The number of nitrogens with two attached hydrogens (primary N) is 1. The van der Waals surface area contributed by atoms with Crippen LogP contribution >= 0.6 is 0 Å². The Morgan fingerprint density at radius 1 is 1.28 bits per heavy atom. The van der Waals surface area contributed by atoms with E-state index in [4.69, 9.17) is 15.9 Å². The van der Waals surface area contributed by atoms with Crippen molar-refractivity contribution in [2.45, 2.75) is 76.8 Å². The van der Waals surface area contributed by atoms with Crippen LogP contribution in [-0.4, -0.2) is 38.1 Å². The Morgan fingerprint density at radius 2 is 1.97 bits per heavy atom. The number of unbranched alkanes of at least 4 members (excludes halogenated alkanes) is 1. The number of aromatic nitrogens is 3. The van der Waals surface area contributed by atoms with Crippen LogP contribution in [0.25, 0.3) is 0 Å². The third-order valence-electron chi connectivity index (χ3n) is 7.58. The third-order valence-corrected chi connectivity index (χ3v) is 7.58. The molecule has 2 aliphatic rings. The summed E-state index contributed by atoms with van der Waals surface area (Å²) in [5, 5.41) is 21.2. The van der Waals surface area contributed by atoms with E-state index in [9.17, 15) is 19.5 Å². The summed E-state index contributed by atoms with van der Waals surface area (Å²) in [5.74, 6) is -0.560. The summed E-state index contributed by atoms with van der Waals surface area (Å²) in [6.45, 7) is 4.09. The van der Waals surface area contributed by atoms with Gasteiger partial charge in [0.15, 0.2) is 0 Å². The molecule has 1 amide bonds. The molecule has 0 spiro atoms. The molecule has 1 aliphatic heterocycles. The first-order valence-corrected chi connectivity index (χ1v) is 12.4. The number of fused-ring (bicyclic) bond motifs is 1. The van der Waals surface area contributed by atoms with Crippen molar-refractivity contribution in [3.63, 3.8) is 0 Å². The number of methoxy groups -OCH3 is 1. The van der Waals surface area contributed by atoms with Crippen LogP contribution < -0.4 is 27.0 Å². The fourth-order valence-corrected chi connectivity index (χ4v) is 5.55. The second-order valence-corrected chi connectivity index (χ2v) is 9.99. The summed E-state index contributed by atoms with van der Waals surface area (Å²) < 4.78 is 7.56. The van der Waals surface area contributed by atoms with Gasteiger partial charge in [0, 0.05) is 18.7 Å². The number of hydrogen-bond acceptors (Lipinski definition) is 7. The normalized spacial score (nSPS) is 23.2. The standard InChI is InChI=1S/C25H34N6O5/c1-4-5-12-30-21(32)18(20(26)27)22(33)31(24(30)35)15-8-6-14(7-9-15)13-25(2)19-16(28-23(25)34)10-11-17(29-19)36-3/h10-11,14-15,32H,4-9,12-13H2,1-3H3,(H3,26,27)(H,28,34)/t14?,15?,25-/m1/s1. The maximum absolute atomic E-state index is 13.2. The highest BCUT2D eigenvalue weighted by molar-refractivity contribution is 6.05. The van der Waals surface area contributed by atoms with Crippen molar-refractivity contribution in [2.75, 3.05) is 12.4 Å². The van der Waals surface area contributed by atoms with Gasteiger partial charge in [0.05, 0.1) is 23.9 Å². The third kappa shape index (κ3) is 4.27. The smallest absolute Gasteiger partial charge is 0.334 e. The number of ether oxygens (including phenoxy) is 1. The Balaban J connectivity index is 1.58. The number of amides is 1. The Labute approximate surface area is 208 Å². The molecule has 194 valence electrons. The number of rotatable bonds is 8. The Bertz CT molecular complexity index is 1310. The van der Waals surface area contributed by atoms with Crippen LogP contribution in [0.2, 0.25) is 0 Å². The van der Waals surface area contributed by atoms with Crippen molar-refractivity contribution in [1.82, 2.24) is 14.1 Å². The van der Waals surface area contributed by atoms with Gasteiger partial charge in [-0.25, -0.2) is 9.78 Å². The van der Waals surface area contributed by atoms with Crippen molar-refractivity contribution in [3.05, 3.63) is 44.2 Å². The molecule has 3 heterocycles. The zero-order chi connectivity index (χ0) is 26.2. The average Bonchev–Trinajstić information content (AvgIpc) is 3.08. The van der Waals surface area contributed by atoms with Crippen molar-refractivity contribution in [3.8, 4) is 11.8 Å². The molecule has 1 atom stereocenters. The summed E-state index contributed by atoms with van der Waals surface area (Å²) in [6.07, 6.45) is 4.56. The number of aromatic hydroxyl groups is 1. The monoisotopic (exact) mass is 498 g/mol. The van der Waals surface area contributed by atoms with E-state index in [1.165, 1.54) is 7.11 Å². The lowest BCUT2D eigenvalue weighted by molar-refractivity contribution is -0.121. The highest BCUT2D eigenvalue weighted by atomic mass is 16.5. The average molecular weight is 499 g/mol. The van der Waals surface area contributed by atoms with Gasteiger partial charge in [0.2, 0.25) is 17.7 Å². The van der Waals surface area contributed by atoms with E-state index in [0.717, 1.165) is 15.6 Å². The summed E-state index contributed by atoms with van der Waals surface area (Å²) in [4.78, 5) is 43.8. The van der Waals surface area contributed by atoms with Crippen molar-refractivity contribution in [2.24, 2.45) is 11.7 Å². The lowest BCUT2D eigenvalue weighted by atomic mass is 9.73. The molecule has 0 radical (unpaired) electrons. The molecule has 1 aliphatic carbocycles. The first-order valence-electron chi connectivity index (χ1n) is 12.4. The largest absolute Gasteiger partial charge is 0.494 e. The number of nitrogens with one attached hydrogen (secondary N) is 2. The highest BCUT2D eigenvalue weighted by Crippen LogP contribution is 2.45. The predicted molar refractivity (Wildman–Crippen MR) is 135 cm³/mol. The summed E-state index contributed by atoms with van der Waals surface area (Å²) in [6, 6.07) is 3.14. The van der Waals surface area contributed by atoms with E-state index in [1.807, 2.05) is 13.8 Å². The number of carbonyl (C=O) groups is 1. The van der Waals surface area contributed by atoms with Gasteiger partial charge in [-0.1, -0.05) is 13.3 Å². The summed E-state index contributed by atoms with van der Waals surface area (Å²) in [7, 11) is 1.54. The molecule has 2 aromatic heterocycles. The zero-order valence-electron chi connectivity index (χ0n) is 21.0. The fraction of sp³-hybridized carbons (Fsp3) is 0.560. The second-order valence-electron chi connectivity index (χ2n) is 9.99. The van der Waals surface area contributed by atoms with Crippen LogP contribution in [0.3, 0.4) is 0 Å². The number of nitrogens with zero attached hydrogens (tertiary/aromatic N) is 3. The molecule has 0 aromatic carbocycles. The van der Waals surface area contributed by atoms with Crippen LogP contribution in [0.1, 0.15) is 76.1 Å². The number of carbonyl (C=O) groups excluding carboxylic acids is 1. The van der Waals surface area contributed by atoms with Crippen molar-refractivity contribution >= 4 is 17.4 Å². The second kappa shape index (κ2) is 9.79. The minimum Gasteiger partial charge on any atom is -0.494 e. The van der Waals surface area contributed by atoms with Gasteiger partial charge in [0.25, 0.3) is 5.56 Å². The topological polar surface area (TPSA) is 165 Å². The van der Waals surface area contributed by atoms with Crippen LogP contribution in [0, 0.1) is 11.3 Å². The molecule has 0 unspecified atom stereocenters. The van der Waals surface area contributed by atoms with Gasteiger partial charge in [-0.15, -0.1) is 0 Å². The van der Waals surface area contributed by atoms with E-state index in [1.54, 1.807) is 12.1 Å². The molecule has 1 fully saturated rings. The Hall–Kier alpha value is -3.63. The van der Waals surface area contributed by atoms with Gasteiger partial charge >= 0.3 is 5.69 Å². The Kier molecular flexibility index (Phi) is 6.92. The van der Waals surface area contributed by atoms with Gasteiger partial charge in [0.1, 0.15) is 11.4 Å². The van der Waals surface area contributed by atoms with Crippen molar-refractivity contribution in [1.29, 1.82) is 5.41 Å². The van der Waals surface area contributed by atoms with Crippen molar-refractivity contribution < 1.29 is 14.6 Å². The number of anilines is 1. The van der Waals surface area contributed by atoms with E-state index in [0.29, 0.717) is 55.8 Å². The molecule has 2 aromatic rings. The molecule has 0 saturated heterocycles. The molecule has 36 heavy (non-hydrogen) atoms. The molecule has 0 bridgehead atoms. The minimum atomic E-state index is -0.800. The predicted octanol–water partition coefficient (Wildman–Crippen LogP) is 2.23. The Morgan fingerprint density at radius 3 is 2.58 bits per heavy atom. The van der Waals surface area contributed by atoms with Gasteiger partial charge < -0.3 is 20.9 Å². The quantitative estimate of drug-likeness (QED) is 0.320. The lowest BCUT2D eigenvalue weighted by Crippen LogP contribution is -2.46. The highest BCUT2D eigenvalue weighted by Gasteiger charge is 2.46. The molecular formula is C25H34N6O5.